The van der Waals surface area contributed by atoms with E-state index in [4.69, 9.17) is 16.3 Å². The number of rotatable bonds is 5. The number of ether oxygens (including phenoxy) is 2. The number of nitrogens with one attached hydrogen (secondary N) is 1. The van der Waals surface area contributed by atoms with Crippen LogP contribution in [0.5, 0.6) is 5.75 Å². The van der Waals surface area contributed by atoms with Crippen LogP contribution in [0, 0.1) is 5.82 Å². The summed E-state index contributed by atoms with van der Waals surface area (Å²) in [5.41, 5.74) is 0.345. The maximum atomic E-state index is 13.5. The van der Waals surface area contributed by atoms with Crippen LogP contribution in [-0.2, 0) is 9.53 Å². The highest BCUT2D eigenvalue weighted by atomic mass is 35.5. The van der Waals surface area contributed by atoms with Crippen LogP contribution in [-0.4, -0.2) is 25.6 Å². The second kappa shape index (κ2) is 7.60. The summed E-state index contributed by atoms with van der Waals surface area (Å²) in [6.07, 6.45) is 0. The summed E-state index contributed by atoms with van der Waals surface area (Å²) in [5.74, 6) is -1.21. The van der Waals surface area contributed by atoms with Crippen LogP contribution in [0.2, 0.25) is 5.02 Å². The number of carbonyl (C=O) groups is 2. The molecule has 1 amide bonds. The number of halogens is 2. The molecule has 0 saturated carbocycles. The van der Waals surface area contributed by atoms with E-state index in [0.29, 0.717) is 16.3 Å². The van der Waals surface area contributed by atoms with E-state index in [-0.39, 0.29) is 12.3 Å². The molecule has 0 spiro atoms. The Bertz CT molecular complexity index is 719. The number of hydrogen-bond donors (Lipinski definition) is 1. The zero-order valence-corrected chi connectivity index (χ0v) is 12.9. The van der Waals surface area contributed by atoms with E-state index in [2.05, 4.69) is 10.1 Å². The molecule has 0 radical (unpaired) electrons. The van der Waals surface area contributed by atoms with Gasteiger partial charge in [-0.2, -0.15) is 0 Å². The van der Waals surface area contributed by atoms with E-state index >= 15 is 0 Å². The van der Waals surface area contributed by atoms with Crippen molar-refractivity contribution in [2.24, 2.45) is 0 Å². The number of esters is 1. The molecule has 0 saturated heterocycles. The highest BCUT2D eigenvalue weighted by Gasteiger charge is 2.09. The third-order valence-corrected chi connectivity index (χ3v) is 3.08. The van der Waals surface area contributed by atoms with Gasteiger partial charge in [-0.1, -0.05) is 11.6 Å². The Balaban J connectivity index is 1.91. The third kappa shape index (κ3) is 4.69. The fourth-order valence-corrected chi connectivity index (χ4v) is 1.91. The van der Waals surface area contributed by atoms with Gasteiger partial charge in [0, 0.05) is 5.02 Å². The third-order valence-electron chi connectivity index (χ3n) is 2.85. The summed E-state index contributed by atoms with van der Waals surface area (Å²) >= 11 is 5.74. The van der Waals surface area contributed by atoms with Gasteiger partial charge in [0.05, 0.1) is 18.4 Å². The van der Waals surface area contributed by atoms with Crippen molar-refractivity contribution in [2.75, 3.05) is 19.0 Å². The van der Waals surface area contributed by atoms with Gasteiger partial charge in [0.15, 0.2) is 6.61 Å². The first-order valence-electron chi connectivity index (χ1n) is 6.55. The summed E-state index contributed by atoms with van der Waals surface area (Å²) in [4.78, 5) is 23.0. The van der Waals surface area contributed by atoms with E-state index in [9.17, 15) is 14.0 Å². The Hall–Kier alpha value is -2.60. The van der Waals surface area contributed by atoms with Crippen LogP contribution in [0.15, 0.2) is 42.5 Å². The van der Waals surface area contributed by atoms with Crippen molar-refractivity contribution in [2.45, 2.75) is 0 Å². The highest BCUT2D eigenvalue weighted by molar-refractivity contribution is 6.30. The molecule has 0 bridgehead atoms. The normalized spacial score (nSPS) is 10.0. The summed E-state index contributed by atoms with van der Waals surface area (Å²) in [6.45, 7) is -0.316. The van der Waals surface area contributed by atoms with Crippen LogP contribution < -0.4 is 10.1 Å². The molecule has 0 heterocycles. The molecule has 0 fully saturated rings. The average Bonchev–Trinajstić information content (AvgIpc) is 2.56. The molecule has 23 heavy (non-hydrogen) atoms. The van der Waals surface area contributed by atoms with Gasteiger partial charge in [0.2, 0.25) is 0 Å². The van der Waals surface area contributed by atoms with Crippen molar-refractivity contribution >= 4 is 29.2 Å². The van der Waals surface area contributed by atoms with Crippen molar-refractivity contribution < 1.29 is 23.5 Å². The largest absolute Gasteiger partial charge is 0.484 e. The maximum absolute atomic E-state index is 13.5. The maximum Gasteiger partial charge on any atom is 0.337 e. The van der Waals surface area contributed by atoms with Crippen molar-refractivity contribution in [3.63, 3.8) is 0 Å². The molecule has 7 heteroatoms. The summed E-state index contributed by atoms with van der Waals surface area (Å²) in [6, 6.07) is 9.92. The van der Waals surface area contributed by atoms with E-state index in [1.54, 1.807) is 0 Å². The minimum atomic E-state index is -0.592. The molecule has 0 atom stereocenters. The quantitative estimate of drug-likeness (QED) is 0.850. The molecule has 0 aromatic heterocycles. The van der Waals surface area contributed by atoms with E-state index in [1.165, 1.54) is 43.5 Å². The van der Waals surface area contributed by atoms with Gasteiger partial charge < -0.3 is 14.8 Å². The first-order valence-corrected chi connectivity index (χ1v) is 6.93. The summed E-state index contributed by atoms with van der Waals surface area (Å²) in [5, 5.41) is 2.67. The van der Waals surface area contributed by atoms with Crippen molar-refractivity contribution in [3.8, 4) is 5.75 Å². The molecule has 120 valence electrons. The lowest BCUT2D eigenvalue weighted by atomic mass is 10.2. The molecule has 0 aliphatic rings. The van der Waals surface area contributed by atoms with Crippen molar-refractivity contribution in [1.82, 2.24) is 0 Å². The second-order valence-corrected chi connectivity index (χ2v) is 4.91. The molecular formula is C16H13ClFNO4. The van der Waals surface area contributed by atoms with Gasteiger partial charge in [-0.05, 0) is 42.5 Å². The number of benzene rings is 2. The number of hydrogen-bond acceptors (Lipinski definition) is 4. The fraction of sp³-hybridized carbons (Fsp3) is 0.125. The lowest BCUT2D eigenvalue weighted by Crippen LogP contribution is -2.20. The molecule has 2 rings (SSSR count). The SMILES string of the molecule is COC(=O)c1ccc(OCC(=O)Nc2cc(Cl)ccc2F)cc1. The molecule has 1 N–H and O–H groups in total. The Kier molecular flexibility index (Phi) is 5.54. The Labute approximate surface area is 137 Å². The van der Waals surface area contributed by atoms with Crippen LogP contribution in [0.3, 0.4) is 0 Å². The zero-order chi connectivity index (χ0) is 16.8. The average molecular weight is 338 g/mol. The van der Waals surface area contributed by atoms with E-state index in [1.807, 2.05) is 0 Å². The van der Waals surface area contributed by atoms with Gasteiger partial charge in [-0.15, -0.1) is 0 Å². The molecule has 2 aromatic rings. The highest BCUT2D eigenvalue weighted by Crippen LogP contribution is 2.19. The van der Waals surface area contributed by atoms with Gasteiger partial charge in [0.25, 0.3) is 5.91 Å². The van der Waals surface area contributed by atoms with Crippen LogP contribution in [0.4, 0.5) is 10.1 Å². The molecule has 0 aliphatic heterocycles. The summed E-state index contributed by atoms with van der Waals surface area (Å²) < 4.78 is 23.3. The molecule has 0 unspecified atom stereocenters. The fourth-order valence-electron chi connectivity index (χ4n) is 1.73. The van der Waals surface area contributed by atoms with E-state index < -0.39 is 17.7 Å². The Morgan fingerprint density at radius 2 is 1.87 bits per heavy atom. The molecule has 0 aliphatic carbocycles. The minimum absolute atomic E-state index is 0.0212. The lowest BCUT2D eigenvalue weighted by molar-refractivity contribution is -0.118. The predicted molar refractivity (Wildman–Crippen MR) is 83.3 cm³/mol. The van der Waals surface area contributed by atoms with Gasteiger partial charge in [0.1, 0.15) is 11.6 Å². The number of methoxy groups -OCH3 is 1. The molecule has 2 aromatic carbocycles. The first-order chi connectivity index (χ1) is 11.0. The number of amides is 1. The lowest BCUT2D eigenvalue weighted by Gasteiger charge is -2.09. The van der Waals surface area contributed by atoms with Crippen LogP contribution in [0.1, 0.15) is 10.4 Å². The van der Waals surface area contributed by atoms with Crippen molar-refractivity contribution in [3.05, 3.63) is 58.9 Å². The van der Waals surface area contributed by atoms with Crippen molar-refractivity contribution in [1.29, 1.82) is 0 Å². The first kappa shape index (κ1) is 16.8. The van der Waals surface area contributed by atoms with Gasteiger partial charge in [-0.3, -0.25) is 4.79 Å². The molecule has 5 nitrogen and oxygen atoms in total. The minimum Gasteiger partial charge on any atom is -0.484 e. The standard InChI is InChI=1S/C16H13ClFNO4/c1-22-16(21)10-2-5-12(6-3-10)23-9-15(20)19-14-8-11(17)4-7-13(14)18/h2-8H,9H2,1H3,(H,19,20). The Morgan fingerprint density at radius 3 is 2.52 bits per heavy atom. The monoisotopic (exact) mass is 337 g/mol. The van der Waals surface area contributed by atoms with Crippen LogP contribution in [0.25, 0.3) is 0 Å². The second-order valence-electron chi connectivity index (χ2n) is 4.48. The number of carbonyl (C=O) groups excluding carboxylic acids is 2. The van der Waals surface area contributed by atoms with Crippen LogP contribution >= 0.6 is 11.6 Å². The number of anilines is 1. The topological polar surface area (TPSA) is 64.6 Å². The Morgan fingerprint density at radius 1 is 1.17 bits per heavy atom. The smallest absolute Gasteiger partial charge is 0.337 e. The van der Waals surface area contributed by atoms with Gasteiger partial charge >= 0.3 is 5.97 Å². The van der Waals surface area contributed by atoms with E-state index in [0.717, 1.165) is 6.07 Å². The van der Waals surface area contributed by atoms with Gasteiger partial charge in [-0.25, -0.2) is 9.18 Å². The summed E-state index contributed by atoms with van der Waals surface area (Å²) in [7, 11) is 1.28. The zero-order valence-electron chi connectivity index (χ0n) is 12.1. The molecular weight excluding hydrogens is 325 g/mol. The predicted octanol–water partition coefficient (Wildman–Crippen LogP) is 3.28.